The van der Waals surface area contributed by atoms with Gasteiger partial charge in [-0.15, -0.1) is 0 Å². The van der Waals surface area contributed by atoms with Gasteiger partial charge in [-0.25, -0.2) is 0 Å². The van der Waals surface area contributed by atoms with Crippen LogP contribution < -0.4 is 4.74 Å². The molecule has 0 saturated carbocycles. The van der Waals surface area contributed by atoms with E-state index >= 15 is 0 Å². The Morgan fingerprint density at radius 3 is 3.12 bits per heavy atom. The second-order valence-electron chi connectivity index (χ2n) is 3.90. The largest absolute Gasteiger partial charge is 0.493 e. The summed E-state index contributed by atoms with van der Waals surface area (Å²) < 4.78 is 10.6. The van der Waals surface area contributed by atoms with Gasteiger partial charge >= 0.3 is 0 Å². The summed E-state index contributed by atoms with van der Waals surface area (Å²) in [6, 6.07) is 6.27. The lowest BCUT2D eigenvalue weighted by atomic mass is 9.97. The van der Waals surface area contributed by atoms with Gasteiger partial charge in [0, 0.05) is 20.1 Å². The van der Waals surface area contributed by atoms with Gasteiger partial charge in [0.2, 0.25) is 0 Å². The molecule has 2 rings (SSSR count). The third-order valence-electron chi connectivity index (χ3n) is 2.67. The molecule has 1 aromatic carbocycles. The molecular formula is C14H17O2. The number of aryl methyl sites for hydroxylation is 1. The number of benzene rings is 1. The van der Waals surface area contributed by atoms with Gasteiger partial charge in [0.15, 0.2) is 0 Å². The standard InChI is InChI=1S/C14H17O2/c1-15-9-4-10-16-14-8-7-12-5-2-3-6-13(12)11-14/h5,7-8,11H,3-4,6,9-10H2,1H3. The molecule has 0 saturated heterocycles. The fourth-order valence-electron chi connectivity index (χ4n) is 1.81. The van der Waals surface area contributed by atoms with Crippen LogP contribution in [0.25, 0.3) is 6.08 Å². The zero-order valence-electron chi connectivity index (χ0n) is 9.66. The summed E-state index contributed by atoms with van der Waals surface area (Å²) in [5.74, 6) is 0.963. The van der Waals surface area contributed by atoms with E-state index in [1.54, 1.807) is 7.11 Å². The summed E-state index contributed by atoms with van der Waals surface area (Å²) in [5, 5.41) is 0. The summed E-state index contributed by atoms with van der Waals surface area (Å²) in [7, 11) is 1.71. The van der Waals surface area contributed by atoms with Gasteiger partial charge < -0.3 is 9.47 Å². The molecule has 0 aliphatic heterocycles. The number of hydrogen-bond donors (Lipinski definition) is 0. The lowest BCUT2D eigenvalue weighted by Crippen LogP contribution is -2.02. The molecule has 0 N–H and O–H groups in total. The van der Waals surface area contributed by atoms with Crippen molar-refractivity contribution in [1.29, 1.82) is 0 Å². The number of fused-ring (bicyclic) bond motifs is 1. The van der Waals surface area contributed by atoms with Gasteiger partial charge in [-0.05, 0) is 42.2 Å². The first-order chi connectivity index (χ1) is 7.90. The predicted octanol–water partition coefficient (Wildman–Crippen LogP) is 2.86. The zero-order chi connectivity index (χ0) is 11.2. The van der Waals surface area contributed by atoms with E-state index in [1.807, 2.05) is 6.07 Å². The molecule has 85 valence electrons. The second kappa shape index (κ2) is 5.71. The first kappa shape index (κ1) is 11.2. The highest BCUT2D eigenvalue weighted by molar-refractivity contribution is 5.56. The number of hydrogen-bond acceptors (Lipinski definition) is 2. The van der Waals surface area contributed by atoms with Crippen LogP contribution in [0, 0.1) is 6.08 Å². The summed E-state index contributed by atoms with van der Waals surface area (Å²) in [6.07, 6.45) is 8.32. The van der Waals surface area contributed by atoms with Crippen LogP contribution in [-0.2, 0) is 11.2 Å². The maximum absolute atomic E-state index is 5.66. The van der Waals surface area contributed by atoms with E-state index in [2.05, 4.69) is 24.3 Å². The molecule has 1 aliphatic rings. The fourth-order valence-corrected chi connectivity index (χ4v) is 1.81. The Balaban J connectivity index is 1.93. The second-order valence-corrected chi connectivity index (χ2v) is 3.90. The molecule has 2 nitrogen and oxygen atoms in total. The molecule has 0 unspecified atom stereocenters. The minimum absolute atomic E-state index is 0.717. The molecule has 0 bridgehead atoms. The summed E-state index contributed by atoms with van der Waals surface area (Å²) in [6.45, 7) is 1.47. The first-order valence-electron chi connectivity index (χ1n) is 5.71. The van der Waals surface area contributed by atoms with Crippen LogP contribution >= 0.6 is 0 Å². The minimum Gasteiger partial charge on any atom is -0.493 e. The maximum Gasteiger partial charge on any atom is 0.119 e. The number of ether oxygens (including phenoxy) is 2. The minimum atomic E-state index is 0.717. The van der Waals surface area contributed by atoms with Gasteiger partial charge in [-0.1, -0.05) is 12.1 Å². The van der Waals surface area contributed by atoms with E-state index in [0.29, 0.717) is 6.61 Å². The molecule has 0 atom stereocenters. The topological polar surface area (TPSA) is 18.5 Å². The van der Waals surface area contributed by atoms with Gasteiger partial charge in [-0.3, -0.25) is 0 Å². The summed E-state index contributed by atoms with van der Waals surface area (Å²) in [4.78, 5) is 0. The third-order valence-corrected chi connectivity index (χ3v) is 2.67. The smallest absolute Gasteiger partial charge is 0.119 e. The van der Waals surface area contributed by atoms with Crippen molar-refractivity contribution < 1.29 is 9.47 Å². The molecule has 0 amide bonds. The lowest BCUT2D eigenvalue weighted by molar-refractivity contribution is 0.172. The van der Waals surface area contributed by atoms with Crippen molar-refractivity contribution in [2.45, 2.75) is 19.3 Å². The van der Waals surface area contributed by atoms with Crippen LogP contribution in [0.5, 0.6) is 5.75 Å². The van der Waals surface area contributed by atoms with E-state index in [-0.39, 0.29) is 0 Å². The molecule has 16 heavy (non-hydrogen) atoms. The molecule has 2 heteroatoms. The van der Waals surface area contributed by atoms with Crippen molar-refractivity contribution in [3.05, 3.63) is 35.4 Å². The third kappa shape index (κ3) is 2.86. The highest BCUT2D eigenvalue weighted by Gasteiger charge is 2.05. The molecule has 0 aromatic heterocycles. The zero-order valence-corrected chi connectivity index (χ0v) is 9.66. The molecule has 1 radical (unpaired) electrons. The first-order valence-corrected chi connectivity index (χ1v) is 5.71. The Bertz CT molecular complexity index is 369. The van der Waals surface area contributed by atoms with Crippen molar-refractivity contribution >= 4 is 6.08 Å². The molecule has 1 aromatic rings. The summed E-state index contributed by atoms with van der Waals surface area (Å²) in [5.41, 5.74) is 2.64. The Morgan fingerprint density at radius 2 is 2.25 bits per heavy atom. The molecule has 0 spiro atoms. The number of allylic oxidation sites excluding steroid dienone is 1. The van der Waals surface area contributed by atoms with E-state index in [4.69, 9.17) is 9.47 Å². The van der Waals surface area contributed by atoms with Crippen LogP contribution in [0.2, 0.25) is 0 Å². The van der Waals surface area contributed by atoms with E-state index in [9.17, 15) is 0 Å². The lowest BCUT2D eigenvalue weighted by Gasteiger charge is -2.12. The molecule has 0 fully saturated rings. The van der Waals surface area contributed by atoms with Crippen LogP contribution in [0.1, 0.15) is 24.0 Å². The quantitative estimate of drug-likeness (QED) is 0.706. The number of rotatable bonds is 5. The van der Waals surface area contributed by atoms with Crippen molar-refractivity contribution in [3.63, 3.8) is 0 Å². The maximum atomic E-state index is 5.66. The molecule has 0 heterocycles. The van der Waals surface area contributed by atoms with Crippen molar-refractivity contribution in [1.82, 2.24) is 0 Å². The van der Waals surface area contributed by atoms with Crippen molar-refractivity contribution in [2.75, 3.05) is 20.3 Å². The Labute approximate surface area is 96.9 Å². The highest BCUT2D eigenvalue weighted by Crippen LogP contribution is 2.23. The average molecular weight is 217 g/mol. The van der Waals surface area contributed by atoms with Crippen LogP contribution in [0.15, 0.2) is 18.2 Å². The Hall–Kier alpha value is -1.28. The van der Waals surface area contributed by atoms with E-state index in [0.717, 1.165) is 31.6 Å². The van der Waals surface area contributed by atoms with Gasteiger partial charge in [0.05, 0.1) is 6.61 Å². The SMILES string of the molecule is COCCCOc1ccc2c(c1)CC[C]=C2. The fraction of sp³-hybridized carbons (Fsp3) is 0.429. The monoisotopic (exact) mass is 217 g/mol. The van der Waals surface area contributed by atoms with Crippen molar-refractivity contribution in [3.8, 4) is 5.75 Å². The molecule has 1 aliphatic carbocycles. The van der Waals surface area contributed by atoms with Crippen molar-refractivity contribution in [2.24, 2.45) is 0 Å². The van der Waals surface area contributed by atoms with Gasteiger partial charge in [0.25, 0.3) is 0 Å². The van der Waals surface area contributed by atoms with Gasteiger partial charge in [-0.2, -0.15) is 0 Å². The van der Waals surface area contributed by atoms with Crippen LogP contribution in [0.3, 0.4) is 0 Å². The molecular weight excluding hydrogens is 200 g/mol. The highest BCUT2D eigenvalue weighted by atomic mass is 16.5. The average Bonchev–Trinajstić information content (AvgIpc) is 2.34. The summed E-state index contributed by atoms with van der Waals surface area (Å²) >= 11 is 0. The number of methoxy groups -OCH3 is 1. The predicted molar refractivity (Wildman–Crippen MR) is 64.5 cm³/mol. The normalized spacial score (nSPS) is 13.6. The van der Waals surface area contributed by atoms with Crippen LogP contribution in [-0.4, -0.2) is 20.3 Å². The van der Waals surface area contributed by atoms with E-state index < -0.39 is 0 Å². The van der Waals surface area contributed by atoms with Crippen LogP contribution in [0.4, 0.5) is 0 Å². The Kier molecular flexibility index (Phi) is 4.00. The Morgan fingerprint density at radius 1 is 1.31 bits per heavy atom. The van der Waals surface area contributed by atoms with Gasteiger partial charge in [0.1, 0.15) is 5.75 Å². The van der Waals surface area contributed by atoms with E-state index in [1.165, 1.54) is 11.1 Å².